The van der Waals surface area contributed by atoms with E-state index in [1.165, 1.54) is 17.4 Å². The first-order chi connectivity index (χ1) is 14.9. The molecule has 1 aromatic heterocycles. The van der Waals surface area contributed by atoms with Crippen LogP contribution in [0.25, 0.3) is 10.4 Å². The van der Waals surface area contributed by atoms with Gasteiger partial charge in [-0.2, -0.15) is 0 Å². The first-order valence-electron chi connectivity index (χ1n) is 10.1. The van der Waals surface area contributed by atoms with Gasteiger partial charge in [0.05, 0.1) is 15.6 Å². The monoisotopic (exact) mass is 436 g/mol. The molecular formula is C24H25FN4OS. The number of aliphatic imine (C=N–C) groups is 1. The summed E-state index contributed by atoms with van der Waals surface area (Å²) in [5.41, 5.74) is 5.00. The van der Waals surface area contributed by atoms with Gasteiger partial charge in [-0.15, -0.1) is 11.3 Å². The van der Waals surface area contributed by atoms with Crippen LogP contribution in [0, 0.1) is 19.7 Å². The number of anilines is 2. The highest BCUT2D eigenvalue weighted by Crippen LogP contribution is 2.41. The average Bonchev–Trinajstić information content (AvgIpc) is 3.12. The number of aryl methyl sites for hydroxylation is 2. The predicted molar refractivity (Wildman–Crippen MR) is 126 cm³/mol. The smallest absolute Gasteiger partial charge is 0.202 e. The molecule has 0 aliphatic carbocycles. The van der Waals surface area contributed by atoms with Crippen LogP contribution in [0.5, 0.6) is 0 Å². The Morgan fingerprint density at radius 2 is 1.77 bits per heavy atom. The third-order valence-corrected chi connectivity index (χ3v) is 6.25. The number of benzene rings is 2. The van der Waals surface area contributed by atoms with E-state index in [4.69, 9.17) is 4.98 Å². The van der Waals surface area contributed by atoms with Crippen LogP contribution in [0.4, 0.5) is 15.8 Å². The number of nitrogens with one attached hydrogen (secondary N) is 2. The summed E-state index contributed by atoms with van der Waals surface area (Å²) < 4.78 is 14.9. The summed E-state index contributed by atoms with van der Waals surface area (Å²) in [6.07, 6.45) is 3.44. The zero-order valence-corrected chi connectivity index (χ0v) is 18.5. The van der Waals surface area contributed by atoms with E-state index in [0.717, 1.165) is 38.8 Å². The highest BCUT2D eigenvalue weighted by molar-refractivity contribution is 7.15. The largest absolute Gasteiger partial charge is 0.357 e. The summed E-state index contributed by atoms with van der Waals surface area (Å²) >= 11 is 1.48. The van der Waals surface area contributed by atoms with E-state index in [1.807, 2.05) is 57.5 Å². The fourth-order valence-corrected chi connectivity index (χ4v) is 4.60. The van der Waals surface area contributed by atoms with Crippen molar-refractivity contribution < 1.29 is 9.50 Å². The van der Waals surface area contributed by atoms with E-state index < -0.39 is 6.35 Å². The summed E-state index contributed by atoms with van der Waals surface area (Å²) in [5.74, 6) is -0.232. The molecule has 0 radical (unpaired) electrons. The van der Waals surface area contributed by atoms with E-state index in [9.17, 15) is 9.50 Å². The third kappa shape index (κ3) is 4.84. The van der Waals surface area contributed by atoms with Crippen molar-refractivity contribution in [1.29, 1.82) is 0 Å². The molecule has 160 valence electrons. The number of aliphatic hydroxyl groups excluding tert-OH is 1. The van der Waals surface area contributed by atoms with Gasteiger partial charge in [0.2, 0.25) is 6.35 Å². The fourth-order valence-electron chi connectivity index (χ4n) is 3.60. The molecule has 2 aromatic carbocycles. The minimum Gasteiger partial charge on any atom is -0.357 e. The van der Waals surface area contributed by atoms with Crippen molar-refractivity contribution in [2.24, 2.45) is 4.99 Å². The highest BCUT2D eigenvalue weighted by atomic mass is 32.1. The number of hydrogen-bond acceptors (Lipinski definition) is 6. The van der Waals surface area contributed by atoms with Gasteiger partial charge in [-0.05, 0) is 63.1 Å². The SMILES string of the molecule is CC1=CN=CCC1c1nc(C)sc1-c1cc(NC(O)Nc2ccc(C)cc2)ccc1F. The molecular weight excluding hydrogens is 411 g/mol. The van der Waals surface area contributed by atoms with Crippen molar-refractivity contribution in [3.8, 4) is 10.4 Å². The number of nitrogens with zero attached hydrogens (tertiary/aromatic N) is 2. The van der Waals surface area contributed by atoms with Crippen molar-refractivity contribution >= 4 is 28.9 Å². The van der Waals surface area contributed by atoms with E-state index in [1.54, 1.807) is 12.1 Å². The third-order valence-electron chi connectivity index (χ3n) is 5.23. The molecule has 0 bridgehead atoms. The number of thiazole rings is 1. The summed E-state index contributed by atoms with van der Waals surface area (Å²) in [6.45, 7) is 5.97. The van der Waals surface area contributed by atoms with Crippen LogP contribution in [0.2, 0.25) is 0 Å². The van der Waals surface area contributed by atoms with Crippen molar-refractivity contribution in [1.82, 2.24) is 4.98 Å². The van der Waals surface area contributed by atoms with E-state index in [2.05, 4.69) is 15.6 Å². The zero-order valence-electron chi connectivity index (χ0n) is 17.7. The van der Waals surface area contributed by atoms with E-state index >= 15 is 0 Å². The molecule has 3 N–H and O–H groups in total. The molecule has 1 aliphatic heterocycles. The molecule has 0 fully saturated rings. The Morgan fingerprint density at radius 3 is 2.52 bits per heavy atom. The molecule has 0 amide bonds. The number of halogens is 1. The van der Waals surface area contributed by atoms with Gasteiger partial charge >= 0.3 is 0 Å². The molecule has 0 spiro atoms. The standard InChI is InChI=1S/C24H25FN4OS/c1-14-4-6-17(7-5-14)28-24(30)29-18-8-9-21(25)20(12-18)23-22(27-16(3)31-23)19-10-11-26-13-15(19)2/h4-9,11-13,19,24,28-30H,10H2,1-3H3. The maximum absolute atomic E-state index is 14.9. The lowest BCUT2D eigenvalue weighted by molar-refractivity contribution is 0.233. The summed E-state index contributed by atoms with van der Waals surface area (Å²) in [5, 5.41) is 17.3. The van der Waals surface area contributed by atoms with Crippen molar-refractivity contribution in [2.75, 3.05) is 10.6 Å². The molecule has 1 aliphatic rings. The number of aromatic nitrogens is 1. The molecule has 0 saturated heterocycles. The minimum atomic E-state index is -1.02. The van der Waals surface area contributed by atoms with Crippen LogP contribution in [-0.2, 0) is 0 Å². The van der Waals surface area contributed by atoms with Crippen LogP contribution in [-0.4, -0.2) is 22.7 Å². The topological polar surface area (TPSA) is 69.5 Å². The minimum absolute atomic E-state index is 0.0854. The Labute approximate surface area is 185 Å². The van der Waals surface area contributed by atoms with Crippen LogP contribution >= 0.6 is 11.3 Å². The second-order valence-corrected chi connectivity index (χ2v) is 8.90. The fraction of sp³-hybridized carbons (Fsp3) is 0.250. The van der Waals surface area contributed by atoms with Gasteiger partial charge in [-0.1, -0.05) is 17.7 Å². The predicted octanol–water partition coefficient (Wildman–Crippen LogP) is 5.83. The van der Waals surface area contributed by atoms with Gasteiger partial charge in [-0.25, -0.2) is 9.37 Å². The van der Waals surface area contributed by atoms with Crippen molar-refractivity contribution in [3.63, 3.8) is 0 Å². The molecule has 0 saturated carbocycles. The van der Waals surface area contributed by atoms with Gasteiger partial charge in [-0.3, -0.25) is 4.99 Å². The lowest BCUT2D eigenvalue weighted by Crippen LogP contribution is -2.27. The molecule has 4 rings (SSSR count). The van der Waals surface area contributed by atoms with Gasteiger partial charge in [0.1, 0.15) is 5.82 Å². The second kappa shape index (κ2) is 8.99. The summed E-state index contributed by atoms with van der Waals surface area (Å²) in [4.78, 5) is 9.75. The summed E-state index contributed by atoms with van der Waals surface area (Å²) in [6, 6.07) is 12.5. The van der Waals surface area contributed by atoms with Crippen LogP contribution in [0.1, 0.15) is 35.5 Å². The Kier molecular flexibility index (Phi) is 6.15. The lowest BCUT2D eigenvalue weighted by atomic mass is 9.91. The number of rotatable bonds is 6. The first kappa shape index (κ1) is 21.2. The maximum Gasteiger partial charge on any atom is 0.202 e. The number of hydrogen-bond donors (Lipinski definition) is 3. The molecule has 31 heavy (non-hydrogen) atoms. The highest BCUT2D eigenvalue weighted by Gasteiger charge is 2.24. The van der Waals surface area contributed by atoms with Gasteiger partial charge in [0, 0.05) is 35.3 Å². The van der Waals surface area contributed by atoms with Crippen molar-refractivity contribution in [2.45, 2.75) is 39.5 Å². The second-order valence-electron chi connectivity index (χ2n) is 7.69. The molecule has 5 nitrogen and oxygen atoms in total. The van der Waals surface area contributed by atoms with E-state index in [-0.39, 0.29) is 11.7 Å². The van der Waals surface area contributed by atoms with Crippen LogP contribution in [0.3, 0.4) is 0 Å². The quantitative estimate of drug-likeness (QED) is 0.425. The van der Waals surface area contributed by atoms with Gasteiger partial charge in [0.25, 0.3) is 0 Å². The molecule has 2 heterocycles. The lowest BCUT2D eigenvalue weighted by Gasteiger charge is -2.19. The van der Waals surface area contributed by atoms with Gasteiger partial charge < -0.3 is 15.7 Å². The normalized spacial score (nSPS) is 16.7. The number of aliphatic hydroxyl groups is 1. The van der Waals surface area contributed by atoms with Gasteiger partial charge in [0.15, 0.2) is 0 Å². The Bertz CT molecular complexity index is 1140. The number of allylic oxidation sites excluding steroid dienone is 1. The van der Waals surface area contributed by atoms with E-state index in [0.29, 0.717) is 11.3 Å². The first-order valence-corrected chi connectivity index (χ1v) is 11.0. The van der Waals surface area contributed by atoms with Crippen LogP contribution < -0.4 is 10.6 Å². The van der Waals surface area contributed by atoms with Crippen molar-refractivity contribution in [3.05, 3.63) is 76.3 Å². The average molecular weight is 437 g/mol. The maximum atomic E-state index is 14.9. The molecule has 2 unspecified atom stereocenters. The summed E-state index contributed by atoms with van der Waals surface area (Å²) in [7, 11) is 0. The molecule has 7 heteroatoms. The molecule has 3 aromatic rings. The Hall–Kier alpha value is -3.03. The Morgan fingerprint density at radius 1 is 1.06 bits per heavy atom. The van der Waals surface area contributed by atoms with Crippen LogP contribution in [0.15, 0.2) is 59.2 Å². The zero-order chi connectivity index (χ0) is 22.0. The Balaban J connectivity index is 1.59. The molecule has 2 atom stereocenters.